The van der Waals surface area contributed by atoms with Crippen LogP contribution in [0.15, 0.2) is 35.5 Å². The Morgan fingerprint density at radius 1 is 1.07 bits per heavy atom. The zero-order chi connectivity index (χ0) is 31.0. The van der Waals surface area contributed by atoms with Crippen molar-refractivity contribution in [3.63, 3.8) is 0 Å². The standard InChI is InChI=1S/C27H21ClF10N2O2/c1-12-6-13(2-3-16(12)21(41)39-11-23(4-5-23)27(36,37)38)20-17-10-24(17,22(42-40-20)26(33,34)35)9-14-7-15(25(30,31)32)8-18(28)19(14)29/h2-3,6-8,17,22H,4-5,9-11H2,1H3,(H,39,41)/t17?,22-,24?/m0/s1. The molecule has 1 N–H and O–H groups in total. The maximum atomic E-state index is 14.8. The molecule has 0 bridgehead atoms. The summed E-state index contributed by atoms with van der Waals surface area (Å²) in [4.78, 5) is 17.4. The van der Waals surface area contributed by atoms with Gasteiger partial charge in [-0.25, -0.2) is 4.39 Å². The summed E-state index contributed by atoms with van der Waals surface area (Å²) >= 11 is 5.64. The summed E-state index contributed by atoms with van der Waals surface area (Å²) in [6, 6.07) is 4.78. The van der Waals surface area contributed by atoms with E-state index in [4.69, 9.17) is 16.4 Å². The minimum atomic E-state index is -4.99. The van der Waals surface area contributed by atoms with E-state index in [0.29, 0.717) is 12.1 Å². The molecule has 0 aromatic heterocycles. The molecule has 2 aromatic carbocycles. The fourth-order valence-corrected chi connectivity index (χ4v) is 5.85. The number of hydrogen-bond acceptors (Lipinski definition) is 3. The largest absolute Gasteiger partial charge is 0.428 e. The quantitative estimate of drug-likeness (QED) is 0.331. The number of hydrogen-bond donors (Lipinski definition) is 1. The summed E-state index contributed by atoms with van der Waals surface area (Å²) in [5, 5.41) is 5.03. The number of nitrogens with zero attached hydrogens (tertiary/aromatic N) is 1. The van der Waals surface area contributed by atoms with E-state index >= 15 is 0 Å². The van der Waals surface area contributed by atoms with Crippen molar-refractivity contribution in [1.82, 2.24) is 5.32 Å². The van der Waals surface area contributed by atoms with E-state index < -0.39 is 82.2 Å². The highest BCUT2D eigenvalue weighted by atomic mass is 35.5. The number of halogens is 11. The number of fused-ring (bicyclic) bond motifs is 1. The summed E-state index contributed by atoms with van der Waals surface area (Å²) in [5.41, 5.74) is -5.27. The van der Waals surface area contributed by atoms with Crippen molar-refractivity contribution in [3.05, 3.63) is 69.0 Å². The summed E-state index contributed by atoms with van der Waals surface area (Å²) in [6.07, 6.45) is -18.2. The molecule has 42 heavy (non-hydrogen) atoms. The van der Waals surface area contributed by atoms with Crippen molar-refractivity contribution in [1.29, 1.82) is 0 Å². The van der Waals surface area contributed by atoms with Gasteiger partial charge >= 0.3 is 18.5 Å². The molecule has 1 aliphatic heterocycles. The Balaban J connectivity index is 1.41. The van der Waals surface area contributed by atoms with E-state index in [9.17, 15) is 48.7 Å². The van der Waals surface area contributed by atoms with Crippen LogP contribution in [0.25, 0.3) is 0 Å². The third-order valence-corrected chi connectivity index (χ3v) is 8.56. The molecule has 228 valence electrons. The Morgan fingerprint density at radius 3 is 2.29 bits per heavy atom. The van der Waals surface area contributed by atoms with Gasteiger partial charge in [0.2, 0.25) is 6.10 Å². The second kappa shape index (κ2) is 9.75. The minimum absolute atomic E-state index is 0.0121. The maximum Gasteiger partial charge on any atom is 0.428 e. The summed E-state index contributed by atoms with van der Waals surface area (Å²) in [6.45, 7) is 0.870. The number of aryl methyl sites for hydroxylation is 1. The van der Waals surface area contributed by atoms with Crippen LogP contribution < -0.4 is 5.32 Å². The lowest BCUT2D eigenvalue weighted by atomic mass is 9.84. The summed E-state index contributed by atoms with van der Waals surface area (Å²) in [5.74, 6) is -3.04. The van der Waals surface area contributed by atoms with Gasteiger partial charge in [0.05, 0.1) is 21.7 Å². The van der Waals surface area contributed by atoms with Gasteiger partial charge in [-0.3, -0.25) is 4.79 Å². The number of nitrogens with one attached hydrogen (secondary N) is 1. The van der Waals surface area contributed by atoms with Gasteiger partial charge in [-0.05, 0) is 73.6 Å². The monoisotopic (exact) mass is 630 g/mol. The van der Waals surface area contributed by atoms with E-state index in [1.54, 1.807) is 0 Å². The first kappa shape index (κ1) is 30.4. The molecule has 3 aliphatic rings. The third kappa shape index (κ3) is 5.30. The molecule has 0 saturated heterocycles. The smallest absolute Gasteiger partial charge is 0.382 e. The van der Waals surface area contributed by atoms with Gasteiger partial charge in [-0.1, -0.05) is 22.8 Å². The van der Waals surface area contributed by atoms with E-state index in [2.05, 4.69) is 10.5 Å². The van der Waals surface area contributed by atoms with E-state index in [0.717, 1.165) is 0 Å². The molecule has 1 amide bonds. The number of alkyl halides is 9. The second-order valence-electron chi connectivity index (χ2n) is 11.1. The number of rotatable bonds is 6. The average Bonchev–Trinajstić information content (AvgIpc) is 3.77. The lowest BCUT2D eigenvalue weighted by molar-refractivity contribution is -0.245. The van der Waals surface area contributed by atoms with Crippen molar-refractivity contribution in [2.75, 3.05) is 6.54 Å². The first-order chi connectivity index (χ1) is 19.3. The molecule has 2 fully saturated rings. The fourth-order valence-electron chi connectivity index (χ4n) is 5.61. The van der Waals surface area contributed by atoms with Crippen molar-refractivity contribution < 1.29 is 53.5 Å². The molecular weight excluding hydrogens is 610 g/mol. The zero-order valence-corrected chi connectivity index (χ0v) is 22.3. The van der Waals surface area contributed by atoms with Crippen molar-refractivity contribution in [3.8, 4) is 0 Å². The molecule has 2 saturated carbocycles. The average molecular weight is 631 g/mol. The fraction of sp³-hybridized carbons (Fsp3) is 0.481. The van der Waals surface area contributed by atoms with Crippen LogP contribution in [0.5, 0.6) is 0 Å². The number of amides is 1. The molecule has 5 rings (SSSR count). The number of carbonyl (C=O) groups is 1. The van der Waals surface area contributed by atoms with Gasteiger partial charge in [0, 0.05) is 23.4 Å². The van der Waals surface area contributed by atoms with Crippen molar-refractivity contribution >= 4 is 23.2 Å². The lowest BCUT2D eigenvalue weighted by Crippen LogP contribution is -2.44. The van der Waals surface area contributed by atoms with Gasteiger partial charge in [0.1, 0.15) is 5.82 Å². The third-order valence-electron chi connectivity index (χ3n) is 8.28. The first-order valence-corrected chi connectivity index (χ1v) is 13.0. The molecule has 2 aliphatic carbocycles. The summed E-state index contributed by atoms with van der Waals surface area (Å²) in [7, 11) is 0. The van der Waals surface area contributed by atoms with Gasteiger partial charge < -0.3 is 10.2 Å². The van der Waals surface area contributed by atoms with Crippen molar-refractivity contribution in [2.24, 2.45) is 21.9 Å². The molecule has 0 spiro atoms. The van der Waals surface area contributed by atoms with Gasteiger partial charge in [0.25, 0.3) is 5.91 Å². The van der Waals surface area contributed by atoms with Crippen LogP contribution in [0.4, 0.5) is 43.9 Å². The van der Waals surface area contributed by atoms with Crippen LogP contribution >= 0.6 is 11.6 Å². The van der Waals surface area contributed by atoms with Crippen LogP contribution in [0.3, 0.4) is 0 Å². The number of carbonyl (C=O) groups excluding carboxylic acids is 1. The Hall–Kier alpha value is -3.03. The van der Waals surface area contributed by atoms with Crippen LogP contribution in [-0.2, 0) is 17.4 Å². The topological polar surface area (TPSA) is 50.7 Å². The Kier molecular flexibility index (Phi) is 7.06. The highest BCUT2D eigenvalue weighted by Gasteiger charge is 2.72. The van der Waals surface area contributed by atoms with Crippen molar-refractivity contribution in [2.45, 2.75) is 57.2 Å². The molecular formula is C27H21ClF10N2O2. The second-order valence-corrected chi connectivity index (χ2v) is 11.5. The van der Waals surface area contributed by atoms with E-state index in [1.807, 2.05) is 0 Å². The minimum Gasteiger partial charge on any atom is -0.382 e. The van der Waals surface area contributed by atoms with Gasteiger partial charge in [0.15, 0.2) is 0 Å². The van der Waals surface area contributed by atoms with Crippen LogP contribution in [0, 0.1) is 29.5 Å². The molecule has 1 heterocycles. The van der Waals surface area contributed by atoms with Gasteiger partial charge in [-0.2, -0.15) is 39.5 Å². The van der Waals surface area contributed by atoms with E-state index in [1.165, 1.54) is 25.1 Å². The normalized spacial score (nSPS) is 24.8. The SMILES string of the molecule is Cc1cc(C2=NO[C@H](C(F)(F)F)C3(Cc4cc(C(F)(F)F)cc(Cl)c4F)CC23)ccc1C(=O)NCC1(C(F)(F)F)CC1. The zero-order valence-electron chi connectivity index (χ0n) is 21.5. The predicted octanol–water partition coefficient (Wildman–Crippen LogP) is 7.79. The first-order valence-electron chi connectivity index (χ1n) is 12.6. The Bertz CT molecular complexity index is 1460. The molecule has 0 radical (unpaired) electrons. The molecule has 2 unspecified atom stereocenters. The molecule has 15 heteroatoms. The highest BCUT2D eigenvalue weighted by Crippen LogP contribution is 2.64. The molecule has 4 nitrogen and oxygen atoms in total. The summed E-state index contributed by atoms with van der Waals surface area (Å²) < 4.78 is 136. The van der Waals surface area contributed by atoms with E-state index in [-0.39, 0.29) is 41.7 Å². The number of oxime groups is 1. The van der Waals surface area contributed by atoms with Crippen LogP contribution in [0.2, 0.25) is 5.02 Å². The van der Waals surface area contributed by atoms with Crippen LogP contribution in [-0.4, -0.2) is 36.6 Å². The highest BCUT2D eigenvalue weighted by molar-refractivity contribution is 6.30. The lowest BCUT2D eigenvalue weighted by Gasteiger charge is -2.32. The Morgan fingerprint density at radius 2 is 1.74 bits per heavy atom. The Labute approximate surface area is 237 Å². The predicted molar refractivity (Wildman–Crippen MR) is 129 cm³/mol. The molecule has 3 atom stereocenters. The van der Waals surface area contributed by atoms with Crippen LogP contribution in [0.1, 0.15) is 51.9 Å². The maximum absolute atomic E-state index is 14.8. The number of benzene rings is 2. The van der Waals surface area contributed by atoms with Gasteiger partial charge in [-0.15, -0.1) is 0 Å². The molecule has 2 aromatic rings.